The summed E-state index contributed by atoms with van der Waals surface area (Å²) in [5.74, 6) is 0.836. The molecule has 0 spiro atoms. The van der Waals surface area contributed by atoms with E-state index in [1.807, 2.05) is 0 Å². The fourth-order valence-corrected chi connectivity index (χ4v) is 1.93. The van der Waals surface area contributed by atoms with Gasteiger partial charge in [0, 0.05) is 6.04 Å². The molecule has 1 aliphatic carbocycles. The van der Waals surface area contributed by atoms with Crippen LogP contribution >= 0.6 is 0 Å². The fraction of sp³-hybridized carbons (Fsp3) is 1.00. The Morgan fingerprint density at radius 1 is 1.08 bits per heavy atom. The van der Waals surface area contributed by atoms with Gasteiger partial charge in [0.15, 0.2) is 0 Å². The van der Waals surface area contributed by atoms with E-state index >= 15 is 0 Å². The lowest BCUT2D eigenvalue weighted by atomic mass is 9.81. The van der Waals surface area contributed by atoms with E-state index in [0.29, 0.717) is 12.1 Å². The summed E-state index contributed by atoms with van der Waals surface area (Å²) in [7, 11) is 0. The molecule has 1 N–H and O–H groups in total. The van der Waals surface area contributed by atoms with Crippen molar-refractivity contribution in [2.75, 3.05) is 26.4 Å². The molecular weight excluding hydrogens is 166 g/mol. The molecule has 2 rings (SSSR count). The molecule has 2 atom stereocenters. The van der Waals surface area contributed by atoms with Gasteiger partial charge in [0.05, 0.1) is 32.5 Å². The normalized spacial score (nSPS) is 36.7. The minimum Gasteiger partial charge on any atom is -0.377 e. The lowest BCUT2D eigenvalue weighted by Crippen LogP contribution is -2.50. The summed E-state index contributed by atoms with van der Waals surface area (Å²) >= 11 is 0. The maximum absolute atomic E-state index is 5.42. The van der Waals surface area contributed by atoms with Crippen molar-refractivity contribution in [2.45, 2.75) is 31.8 Å². The van der Waals surface area contributed by atoms with Gasteiger partial charge in [-0.05, 0) is 18.8 Å². The highest BCUT2D eigenvalue weighted by Gasteiger charge is 2.28. The van der Waals surface area contributed by atoms with Crippen molar-refractivity contribution in [2.24, 2.45) is 5.92 Å². The summed E-state index contributed by atoms with van der Waals surface area (Å²) in [6, 6.07) is 1.12. The van der Waals surface area contributed by atoms with Gasteiger partial charge in [0.25, 0.3) is 0 Å². The van der Waals surface area contributed by atoms with E-state index in [-0.39, 0.29) is 0 Å². The smallest absolute Gasteiger partial charge is 0.0701 e. The Hall–Kier alpha value is -0.120. The molecule has 0 bridgehead atoms. The third-order valence-electron chi connectivity index (χ3n) is 3.08. The average Bonchev–Trinajstić information content (AvgIpc) is 2.40. The van der Waals surface area contributed by atoms with Crippen LogP contribution < -0.4 is 5.32 Å². The molecule has 1 saturated carbocycles. The van der Waals surface area contributed by atoms with Crippen LogP contribution in [-0.4, -0.2) is 38.5 Å². The molecule has 13 heavy (non-hydrogen) atoms. The van der Waals surface area contributed by atoms with E-state index in [1.54, 1.807) is 0 Å². The number of nitrogens with one attached hydrogen (secondary N) is 1. The zero-order valence-corrected chi connectivity index (χ0v) is 8.29. The fourth-order valence-electron chi connectivity index (χ4n) is 1.93. The molecule has 1 saturated heterocycles. The van der Waals surface area contributed by atoms with Gasteiger partial charge in [-0.15, -0.1) is 0 Å². The van der Waals surface area contributed by atoms with Gasteiger partial charge in [-0.1, -0.05) is 6.92 Å². The summed E-state index contributed by atoms with van der Waals surface area (Å²) < 4.78 is 10.8. The van der Waals surface area contributed by atoms with Gasteiger partial charge in [-0.2, -0.15) is 0 Å². The molecule has 76 valence electrons. The van der Waals surface area contributed by atoms with Crippen molar-refractivity contribution in [3.05, 3.63) is 0 Å². The standard InChI is InChI=1S/C10H19NO2/c1-8-2-3-10(8)11-9-6-12-4-5-13-7-9/h8-11H,2-7H2,1H3. The molecule has 0 aromatic rings. The molecule has 2 aliphatic rings. The lowest BCUT2D eigenvalue weighted by molar-refractivity contribution is 0.103. The molecule has 2 fully saturated rings. The second-order valence-corrected chi connectivity index (χ2v) is 4.17. The number of hydrogen-bond donors (Lipinski definition) is 1. The van der Waals surface area contributed by atoms with Crippen LogP contribution in [0.5, 0.6) is 0 Å². The van der Waals surface area contributed by atoms with Crippen molar-refractivity contribution in [1.29, 1.82) is 0 Å². The summed E-state index contributed by atoms with van der Waals surface area (Å²) in [6.07, 6.45) is 2.68. The maximum atomic E-state index is 5.42. The van der Waals surface area contributed by atoms with Gasteiger partial charge in [0.2, 0.25) is 0 Å². The van der Waals surface area contributed by atoms with Crippen LogP contribution in [0.2, 0.25) is 0 Å². The highest BCUT2D eigenvalue weighted by molar-refractivity contribution is 4.86. The van der Waals surface area contributed by atoms with E-state index < -0.39 is 0 Å². The van der Waals surface area contributed by atoms with Crippen LogP contribution in [0.3, 0.4) is 0 Å². The van der Waals surface area contributed by atoms with Crippen LogP contribution in [0.4, 0.5) is 0 Å². The second kappa shape index (κ2) is 4.40. The Bertz CT molecular complexity index is 155. The highest BCUT2D eigenvalue weighted by Crippen LogP contribution is 2.26. The SMILES string of the molecule is CC1CCC1NC1COCCOC1. The first-order chi connectivity index (χ1) is 6.36. The van der Waals surface area contributed by atoms with Crippen molar-refractivity contribution in [3.8, 4) is 0 Å². The Morgan fingerprint density at radius 3 is 2.23 bits per heavy atom. The lowest BCUT2D eigenvalue weighted by Gasteiger charge is -2.37. The Labute approximate surface area is 79.8 Å². The van der Waals surface area contributed by atoms with Crippen LogP contribution in [0, 0.1) is 5.92 Å². The molecule has 3 nitrogen and oxygen atoms in total. The van der Waals surface area contributed by atoms with Crippen molar-refractivity contribution >= 4 is 0 Å². The molecule has 3 heteroatoms. The summed E-state index contributed by atoms with van der Waals surface area (Å²) in [5, 5.41) is 3.60. The minimum atomic E-state index is 0.412. The second-order valence-electron chi connectivity index (χ2n) is 4.17. The monoisotopic (exact) mass is 185 g/mol. The van der Waals surface area contributed by atoms with Crippen LogP contribution in [0.25, 0.3) is 0 Å². The van der Waals surface area contributed by atoms with Crippen LogP contribution in [0.1, 0.15) is 19.8 Å². The Morgan fingerprint density at radius 2 is 1.77 bits per heavy atom. The molecule has 0 radical (unpaired) electrons. The highest BCUT2D eigenvalue weighted by atomic mass is 16.5. The minimum absolute atomic E-state index is 0.412. The van der Waals surface area contributed by atoms with Crippen molar-refractivity contribution < 1.29 is 9.47 Å². The van der Waals surface area contributed by atoms with Crippen LogP contribution in [0.15, 0.2) is 0 Å². The summed E-state index contributed by atoms with van der Waals surface area (Å²) in [4.78, 5) is 0. The molecule has 2 unspecified atom stereocenters. The molecule has 0 aromatic heterocycles. The third kappa shape index (κ3) is 2.42. The first kappa shape index (κ1) is 9.44. The van der Waals surface area contributed by atoms with Gasteiger partial charge < -0.3 is 14.8 Å². The third-order valence-corrected chi connectivity index (χ3v) is 3.08. The molecule has 0 amide bonds. The number of ether oxygens (including phenoxy) is 2. The summed E-state index contributed by atoms with van der Waals surface area (Å²) in [5.41, 5.74) is 0. The first-order valence-corrected chi connectivity index (χ1v) is 5.28. The van der Waals surface area contributed by atoms with Gasteiger partial charge >= 0.3 is 0 Å². The molecular formula is C10H19NO2. The van der Waals surface area contributed by atoms with E-state index in [0.717, 1.165) is 32.3 Å². The molecule has 1 aliphatic heterocycles. The summed E-state index contributed by atoms with van der Waals surface area (Å²) in [6.45, 7) is 5.42. The van der Waals surface area contributed by atoms with Gasteiger partial charge in [-0.3, -0.25) is 0 Å². The predicted molar refractivity (Wildman–Crippen MR) is 50.7 cm³/mol. The number of hydrogen-bond acceptors (Lipinski definition) is 3. The van der Waals surface area contributed by atoms with E-state index in [2.05, 4.69) is 12.2 Å². The number of rotatable bonds is 2. The van der Waals surface area contributed by atoms with E-state index in [9.17, 15) is 0 Å². The zero-order valence-electron chi connectivity index (χ0n) is 8.29. The van der Waals surface area contributed by atoms with Gasteiger partial charge in [0.1, 0.15) is 0 Å². The quantitative estimate of drug-likeness (QED) is 0.690. The molecule has 1 heterocycles. The molecule has 0 aromatic carbocycles. The largest absolute Gasteiger partial charge is 0.377 e. The predicted octanol–water partition coefficient (Wildman–Crippen LogP) is 0.790. The van der Waals surface area contributed by atoms with Crippen LogP contribution in [-0.2, 0) is 9.47 Å². The average molecular weight is 185 g/mol. The van der Waals surface area contributed by atoms with Crippen molar-refractivity contribution in [1.82, 2.24) is 5.32 Å². The first-order valence-electron chi connectivity index (χ1n) is 5.28. The van der Waals surface area contributed by atoms with E-state index in [4.69, 9.17) is 9.47 Å². The van der Waals surface area contributed by atoms with E-state index in [1.165, 1.54) is 12.8 Å². The van der Waals surface area contributed by atoms with Crippen molar-refractivity contribution in [3.63, 3.8) is 0 Å². The van der Waals surface area contributed by atoms with Gasteiger partial charge in [-0.25, -0.2) is 0 Å². The Kier molecular flexibility index (Phi) is 3.19. The zero-order chi connectivity index (χ0) is 9.10. The maximum Gasteiger partial charge on any atom is 0.0701 e. The topological polar surface area (TPSA) is 30.5 Å². The Balaban J connectivity index is 1.72.